The summed E-state index contributed by atoms with van der Waals surface area (Å²) >= 11 is 0. The molecule has 5 rings (SSSR count). The zero-order chi connectivity index (χ0) is 24.4. The SMILES string of the molecule is O=C1CCC2(CN(C(=O)N3CC4(CCN(Cc5cccc(S(=O)(=O)C(F)(F)F)c5)CC4)C3)C2)N1. The molecule has 0 radical (unpaired) electrons. The summed E-state index contributed by atoms with van der Waals surface area (Å²) in [5.41, 5.74) is -4.95. The Labute approximate surface area is 196 Å². The minimum absolute atomic E-state index is 0.0162. The first-order valence-corrected chi connectivity index (χ1v) is 12.9. The van der Waals surface area contributed by atoms with Gasteiger partial charge in [-0.25, -0.2) is 13.2 Å². The van der Waals surface area contributed by atoms with Gasteiger partial charge in [-0.2, -0.15) is 13.2 Å². The van der Waals surface area contributed by atoms with Gasteiger partial charge in [0.25, 0.3) is 9.84 Å². The van der Waals surface area contributed by atoms with Crippen molar-refractivity contribution < 1.29 is 31.2 Å². The van der Waals surface area contributed by atoms with Gasteiger partial charge in [-0.3, -0.25) is 9.69 Å². The summed E-state index contributed by atoms with van der Waals surface area (Å²) in [5, 5.41) is 2.98. The van der Waals surface area contributed by atoms with Crippen LogP contribution in [0.3, 0.4) is 0 Å². The van der Waals surface area contributed by atoms with Crippen LogP contribution in [-0.2, 0) is 21.2 Å². The number of nitrogens with one attached hydrogen (secondary N) is 1. The van der Waals surface area contributed by atoms with Crippen molar-refractivity contribution in [3.8, 4) is 0 Å². The van der Waals surface area contributed by atoms with Crippen LogP contribution in [0.5, 0.6) is 0 Å². The number of likely N-dealkylation sites (tertiary alicyclic amines) is 3. The van der Waals surface area contributed by atoms with Gasteiger partial charge in [-0.15, -0.1) is 0 Å². The minimum atomic E-state index is -5.36. The van der Waals surface area contributed by atoms with Crippen LogP contribution in [0.15, 0.2) is 29.2 Å². The number of rotatable bonds is 3. The number of nitrogens with zero attached hydrogens (tertiary/aromatic N) is 3. The molecule has 0 unspecified atom stereocenters. The van der Waals surface area contributed by atoms with Crippen LogP contribution in [0, 0.1) is 5.41 Å². The Morgan fingerprint density at radius 1 is 1.03 bits per heavy atom. The molecule has 0 atom stereocenters. The van der Waals surface area contributed by atoms with Crippen LogP contribution >= 0.6 is 0 Å². The number of halogens is 3. The van der Waals surface area contributed by atoms with E-state index in [1.807, 2.05) is 4.90 Å². The van der Waals surface area contributed by atoms with E-state index in [2.05, 4.69) is 10.2 Å². The van der Waals surface area contributed by atoms with Crippen molar-refractivity contribution >= 4 is 21.8 Å². The lowest BCUT2D eigenvalue weighted by atomic mass is 9.72. The van der Waals surface area contributed by atoms with E-state index < -0.39 is 20.2 Å². The van der Waals surface area contributed by atoms with Crippen molar-refractivity contribution in [2.24, 2.45) is 5.41 Å². The molecular weight excluding hydrogens is 473 g/mol. The maximum absolute atomic E-state index is 12.9. The summed E-state index contributed by atoms with van der Waals surface area (Å²) in [6, 6.07) is 5.06. The molecule has 34 heavy (non-hydrogen) atoms. The maximum Gasteiger partial charge on any atom is 0.501 e. The van der Waals surface area contributed by atoms with Crippen LogP contribution in [0.4, 0.5) is 18.0 Å². The molecule has 1 aromatic rings. The second kappa shape index (κ2) is 7.84. The van der Waals surface area contributed by atoms with Gasteiger partial charge in [0.1, 0.15) is 0 Å². The highest BCUT2D eigenvalue weighted by Crippen LogP contribution is 2.42. The Kier molecular flexibility index (Phi) is 5.40. The maximum atomic E-state index is 12.9. The Balaban J connectivity index is 1.10. The van der Waals surface area contributed by atoms with Crippen molar-refractivity contribution in [2.45, 2.75) is 48.2 Å². The zero-order valence-corrected chi connectivity index (χ0v) is 19.4. The summed E-state index contributed by atoms with van der Waals surface area (Å²) in [6.45, 7) is 4.36. The predicted octanol–water partition coefficient (Wildman–Crippen LogP) is 1.96. The molecule has 1 aromatic carbocycles. The van der Waals surface area contributed by atoms with Crippen LogP contribution in [0.2, 0.25) is 0 Å². The number of piperidine rings is 1. The molecule has 2 spiro atoms. The van der Waals surface area contributed by atoms with Gasteiger partial charge in [-0.1, -0.05) is 12.1 Å². The Bertz CT molecular complexity index is 1100. The fraction of sp³-hybridized carbons (Fsp3) is 0.636. The topological polar surface area (TPSA) is 90.0 Å². The van der Waals surface area contributed by atoms with Crippen molar-refractivity contribution in [1.29, 1.82) is 0 Å². The van der Waals surface area contributed by atoms with Crippen molar-refractivity contribution in [1.82, 2.24) is 20.0 Å². The molecule has 4 aliphatic rings. The molecule has 0 bridgehead atoms. The molecule has 0 saturated carbocycles. The summed E-state index contributed by atoms with van der Waals surface area (Å²) < 4.78 is 61.9. The van der Waals surface area contributed by atoms with Crippen LogP contribution in [-0.4, -0.2) is 85.4 Å². The van der Waals surface area contributed by atoms with Crippen LogP contribution in [0.25, 0.3) is 0 Å². The van der Waals surface area contributed by atoms with E-state index in [9.17, 15) is 31.2 Å². The van der Waals surface area contributed by atoms with E-state index in [0.717, 1.165) is 44.5 Å². The number of carbonyl (C=O) groups is 2. The lowest BCUT2D eigenvalue weighted by molar-refractivity contribution is -0.120. The van der Waals surface area contributed by atoms with E-state index in [0.29, 0.717) is 44.7 Å². The first-order valence-electron chi connectivity index (χ1n) is 11.4. The fourth-order valence-electron chi connectivity index (χ4n) is 5.63. The largest absolute Gasteiger partial charge is 0.501 e. The third-order valence-electron chi connectivity index (χ3n) is 7.65. The second-order valence-corrected chi connectivity index (χ2v) is 12.1. The van der Waals surface area contributed by atoms with E-state index >= 15 is 0 Å². The highest BCUT2D eigenvalue weighted by atomic mass is 32.2. The van der Waals surface area contributed by atoms with Gasteiger partial charge in [0.15, 0.2) is 0 Å². The molecule has 8 nitrogen and oxygen atoms in total. The highest BCUT2D eigenvalue weighted by molar-refractivity contribution is 7.92. The number of sulfone groups is 1. The molecule has 0 aromatic heterocycles. The number of urea groups is 1. The standard InChI is InChI=1S/C22H27F3N4O4S/c23-22(24,25)34(32,33)17-3-1-2-16(10-17)11-27-8-6-20(7-9-27)12-28(13-20)19(31)29-14-21(15-29)5-4-18(30)26-21/h1-3,10H,4-9,11-15H2,(H,26,30). The number of hydrogen-bond donors (Lipinski definition) is 1. The fourth-order valence-corrected chi connectivity index (χ4v) is 6.47. The number of alkyl halides is 3. The lowest BCUT2D eigenvalue weighted by Gasteiger charge is -2.57. The average Bonchev–Trinajstić information content (AvgIpc) is 3.13. The van der Waals surface area contributed by atoms with E-state index in [4.69, 9.17) is 0 Å². The molecule has 4 heterocycles. The predicted molar refractivity (Wildman–Crippen MR) is 115 cm³/mol. The van der Waals surface area contributed by atoms with Crippen molar-refractivity contribution in [2.75, 3.05) is 39.3 Å². The van der Waals surface area contributed by atoms with E-state index in [1.165, 1.54) is 6.07 Å². The zero-order valence-electron chi connectivity index (χ0n) is 18.6. The van der Waals surface area contributed by atoms with Gasteiger partial charge >= 0.3 is 11.5 Å². The average molecular weight is 501 g/mol. The smallest absolute Gasteiger partial charge is 0.347 e. The Morgan fingerprint density at radius 2 is 1.68 bits per heavy atom. The molecule has 186 valence electrons. The number of amides is 3. The normalized spacial score (nSPS) is 24.1. The van der Waals surface area contributed by atoms with Crippen LogP contribution in [0.1, 0.15) is 31.2 Å². The van der Waals surface area contributed by atoms with E-state index in [-0.39, 0.29) is 22.9 Å². The summed E-state index contributed by atoms with van der Waals surface area (Å²) in [7, 11) is -5.36. The van der Waals surface area contributed by atoms with Gasteiger partial charge < -0.3 is 15.1 Å². The quantitative estimate of drug-likeness (QED) is 0.686. The second-order valence-electron chi connectivity index (χ2n) is 10.2. The van der Waals surface area contributed by atoms with Crippen molar-refractivity contribution in [3.63, 3.8) is 0 Å². The number of benzene rings is 1. The van der Waals surface area contributed by atoms with E-state index in [1.54, 1.807) is 11.0 Å². The van der Waals surface area contributed by atoms with Crippen molar-refractivity contribution in [3.05, 3.63) is 29.8 Å². The molecule has 3 amide bonds. The van der Waals surface area contributed by atoms with Gasteiger partial charge in [0, 0.05) is 44.6 Å². The number of hydrogen-bond acceptors (Lipinski definition) is 5. The molecule has 0 aliphatic carbocycles. The lowest BCUT2D eigenvalue weighted by Crippen LogP contribution is -2.73. The summed E-state index contributed by atoms with van der Waals surface area (Å²) in [6.07, 6.45) is 3.04. The van der Waals surface area contributed by atoms with Crippen LogP contribution < -0.4 is 5.32 Å². The van der Waals surface area contributed by atoms with Gasteiger partial charge in [-0.05, 0) is 50.0 Å². The van der Waals surface area contributed by atoms with Gasteiger partial charge in [0.05, 0.1) is 10.4 Å². The minimum Gasteiger partial charge on any atom is -0.347 e. The third kappa shape index (κ3) is 4.04. The molecule has 4 fully saturated rings. The Morgan fingerprint density at radius 3 is 2.26 bits per heavy atom. The first-order chi connectivity index (χ1) is 15.9. The third-order valence-corrected chi connectivity index (χ3v) is 9.14. The molecule has 4 aliphatic heterocycles. The summed E-state index contributed by atoms with van der Waals surface area (Å²) in [4.78, 5) is 29.2. The van der Waals surface area contributed by atoms with Gasteiger partial charge in [0.2, 0.25) is 5.91 Å². The molecule has 12 heteroatoms. The first kappa shape index (κ1) is 23.4. The molecule has 1 N–H and O–H groups in total. The highest BCUT2D eigenvalue weighted by Gasteiger charge is 2.53. The molecular formula is C22H27F3N4O4S. The monoisotopic (exact) mass is 500 g/mol. The number of carbonyl (C=O) groups excluding carboxylic acids is 2. The Hall–Kier alpha value is -2.34. The summed E-state index contributed by atoms with van der Waals surface area (Å²) in [5.74, 6) is 0.0514. The molecule has 4 saturated heterocycles.